The molecule has 0 aliphatic carbocycles. The van der Waals surface area contributed by atoms with Crippen LogP contribution in [0.2, 0.25) is 0 Å². The Morgan fingerprint density at radius 2 is 2.16 bits per heavy atom. The number of hydrogen-bond donors (Lipinski definition) is 2. The Bertz CT molecular complexity index is 486. The number of aromatic nitrogens is 1. The van der Waals surface area contributed by atoms with Gasteiger partial charge >= 0.3 is 5.97 Å². The van der Waals surface area contributed by atoms with Crippen molar-refractivity contribution >= 4 is 11.7 Å². The summed E-state index contributed by atoms with van der Waals surface area (Å²) in [6, 6.07) is 1.81. The van der Waals surface area contributed by atoms with Crippen molar-refractivity contribution in [2.24, 2.45) is 0 Å². The molecule has 0 saturated carbocycles. The summed E-state index contributed by atoms with van der Waals surface area (Å²) < 4.78 is 0. The number of carboxylic acids is 1. The van der Waals surface area contributed by atoms with E-state index in [9.17, 15) is 15.0 Å². The molecule has 1 saturated heterocycles. The van der Waals surface area contributed by atoms with Crippen molar-refractivity contribution in [1.29, 1.82) is 0 Å². The van der Waals surface area contributed by atoms with Crippen molar-refractivity contribution in [3.05, 3.63) is 23.5 Å². The van der Waals surface area contributed by atoms with Gasteiger partial charge in [-0.1, -0.05) is 0 Å². The van der Waals surface area contributed by atoms with Crippen LogP contribution in [0.3, 0.4) is 0 Å². The minimum absolute atomic E-state index is 0.229. The van der Waals surface area contributed by atoms with E-state index in [-0.39, 0.29) is 5.56 Å². The zero-order chi connectivity index (χ0) is 14.0. The number of aromatic carboxylic acids is 1. The number of nitrogens with zero attached hydrogens (tertiary/aromatic N) is 2. The van der Waals surface area contributed by atoms with Crippen molar-refractivity contribution in [1.82, 2.24) is 4.98 Å². The van der Waals surface area contributed by atoms with E-state index < -0.39 is 11.6 Å². The number of anilines is 1. The second-order valence-electron chi connectivity index (χ2n) is 5.49. The highest BCUT2D eigenvalue weighted by atomic mass is 16.4. The highest BCUT2D eigenvalue weighted by Gasteiger charge is 2.26. The molecule has 1 aromatic rings. The minimum atomic E-state index is -0.960. The van der Waals surface area contributed by atoms with Crippen molar-refractivity contribution in [3.8, 4) is 0 Å². The molecule has 0 aromatic carbocycles. The number of carbonyl (C=O) groups is 1. The van der Waals surface area contributed by atoms with Gasteiger partial charge in [-0.15, -0.1) is 0 Å². The van der Waals surface area contributed by atoms with Crippen LogP contribution in [-0.4, -0.2) is 39.9 Å². The first-order valence-corrected chi connectivity index (χ1v) is 6.56. The van der Waals surface area contributed by atoms with Crippen LogP contribution < -0.4 is 4.90 Å². The monoisotopic (exact) mass is 264 g/mol. The Morgan fingerprint density at radius 3 is 2.84 bits per heavy atom. The third-order valence-electron chi connectivity index (χ3n) is 3.65. The largest absolute Gasteiger partial charge is 0.478 e. The molecule has 5 heteroatoms. The maximum Gasteiger partial charge on any atom is 0.339 e. The summed E-state index contributed by atoms with van der Waals surface area (Å²) in [5.41, 5.74) is 1.08. The predicted molar refractivity (Wildman–Crippen MR) is 72.6 cm³/mol. The summed E-state index contributed by atoms with van der Waals surface area (Å²) in [7, 11) is 0. The van der Waals surface area contributed by atoms with Crippen molar-refractivity contribution < 1.29 is 15.0 Å². The molecule has 19 heavy (non-hydrogen) atoms. The number of carboxylic acid groups (broad SMARTS) is 1. The predicted octanol–water partition coefficient (Wildman–Crippen LogP) is 1.83. The van der Waals surface area contributed by atoms with E-state index >= 15 is 0 Å². The third-order valence-corrected chi connectivity index (χ3v) is 3.65. The van der Waals surface area contributed by atoms with Crippen molar-refractivity contribution in [3.63, 3.8) is 0 Å². The van der Waals surface area contributed by atoms with E-state index in [2.05, 4.69) is 4.98 Å². The lowest BCUT2D eigenvalue weighted by atomic mass is 9.98. The summed E-state index contributed by atoms with van der Waals surface area (Å²) >= 11 is 0. The average molecular weight is 264 g/mol. The SMILES string of the molecule is Cc1cc(N2CCCC(C)(O)CC2)c(C(=O)O)cn1. The van der Waals surface area contributed by atoms with Crippen LogP contribution in [0.25, 0.3) is 0 Å². The summed E-state index contributed by atoms with van der Waals surface area (Å²) in [4.78, 5) is 17.4. The molecule has 1 aromatic heterocycles. The molecule has 5 nitrogen and oxygen atoms in total. The van der Waals surface area contributed by atoms with Gasteiger partial charge in [0.1, 0.15) is 5.56 Å². The standard InChI is InChI=1S/C14H20N2O3/c1-10-8-12(11(9-15-10)13(17)18)16-6-3-4-14(2,19)5-7-16/h8-9,19H,3-7H2,1-2H3,(H,17,18). The second-order valence-corrected chi connectivity index (χ2v) is 5.49. The van der Waals surface area contributed by atoms with E-state index in [4.69, 9.17) is 0 Å². The van der Waals surface area contributed by atoms with Crippen LogP contribution >= 0.6 is 0 Å². The van der Waals surface area contributed by atoms with E-state index in [1.165, 1.54) is 6.20 Å². The number of rotatable bonds is 2. The molecule has 1 atom stereocenters. The Balaban J connectivity index is 2.30. The number of aryl methyl sites for hydroxylation is 1. The van der Waals surface area contributed by atoms with Crippen LogP contribution in [0.5, 0.6) is 0 Å². The van der Waals surface area contributed by atoms with Crippen LogP contribution in [0.15, 0.2) is 12.3 Å². The van der Waals surface area contributed by atoms with E-state index in [0.717, 1.165) is 25.1 Å². The number of pyridine rings is 1. The lowest BCUT2D eigenvalue weighted by Crippen LogP contribution is -2.29. The molecule has 1 aliphatic rings. The van der Waals surface area contributed by atoms with Crippen LogP contribution in [0.4, 0.5) is 5.69 Å². The van der Waals surface area contributed by atoms with Crippen LogP contribution in [0.1, 0.15) is 42.2 Å². The molecule has 1 fully saturated rings. The molecule has 2 N–H and O–H groups in total. The molecule has 2 rings (SSSR count). The van der Waals surface area contributed by atoms with Crippen molar-refractivity contribution in [2.45, 2.75) is 38.7 Å². The van der Waals surface area contributed by atoms with Gasteiger partial charge in [0.05, 0.1) is 11.3 Å². The molecule has 2 heterocycles. The van der Waals surface area contributed by atoms with Gasteiger partial charge in [0.25, 0.3) is 0 Å². The van der Waals surface area contributed by atoms with E-state index in [1.54, 1.807) is 0 Å². The molecule has 0 bridgehead atoms. The molecule has 104 valence electrons. The maximum atomic E-state index is 11.3. The quantitative estimate of drug-likeness (QED) is 0.852. The molecule has 0 radical (unpaired) electrons. The normalized spacial score (nSPS) is 24.1. The third kappa shape index (κ3) is 3.23. The lowest BCUT2D eigenvalue weighted by Gasteiger charge is -2.25. The van der Waals surface area contributed by atoms with Gasteiger partial charge in [-0.2, -0.15) is 0 Å². The fourth-order valence-electron chi connectivity index (χ4n) is 2.48. The molecule has 1 aliphatic heterocycles. The first kappa shape index (κ1) is 13.8. The zero-order valence-corrected chi connectivity index (χ0v) is 11.4. The Morgan fingerprint density at radius 1 is 1.42 bits per heavy atom. The summed E-state index contributed by atoms with van der Waals surface area (Å²) in [5, 5.41) is 19.3. The molecule has 0 amide bonds. The average Bonchev–Trinajstić information content (AvgIpc) is 2.49. The van der Waals surface area contributed by atoms with Gasteiger partial charge in [0.2, 0.25) is 0 Å². The fourth-order valence-corrected chi connectivity index (χ4v) is 2.48. The first-order chi connectivity index (χ1) is 8.89. The number of hydrogen-bond acceptors (Lipinski definition) is 4. The summed E-state index contributed by atoms with van der Waals surface area (Å²) in [5.74, 6) is -0.960. The Kier molecular flexibility index (Phi) is 3.75. The van der Waals surface area contributed by atoms with Gasteiger partial charge in [-0.3, -0.25) is 4.98 Å². The van der Waals surface area contributed by atoms with Gasteiger partial charge in [0.15, 0.2) is 0 Å². The maximum absolute atomic E-state index is 11.3. The van der Waals surface area contributed by atoms with Crippen LogP contribution in [-0.2, 0) is 0 Å². The van der Waals surface area contributed by atoms with Gasteiger partial charge in [-0.05, 0) is 39.2 Å². The molecule has 1 unspecified atom stereocenters. The molecular weight excluding hydrogens is 244 g/mol. The lowest BCUT2D eigenvalue weighted by molar-refractivity contribution is 0.0481. The molecular formula is C14H20N2O3. The highest BCUT2D eigenvalue weighted by Crippen LogP contribution is 2.27. The van der Waals surface area contributed by atoms with Crippen molar-refractivity contribution in [2.75, 3.05) is 18.0 Å². The molecule has 0 spiro atoms. The topological polar surface area (TPSA) is 73.7 Å². The zero-order valence-electron chi connectivity index (χ0n) is 11.4. The van der Waals surface area contributed by atoms with Gasteiger partial charge in [-0.25, -0.2) is 4.79 Å². The van der Waals surface area contributed by atoms with E-state index in [1.807, 2.05) is 24.8 Å². The fraction of sp³-hybridized carbons (Fsp3) is 0.571. The smallest absolute Gasteiger partial charge is 0.339 e. The van der Waals surface area contributed by atoms with Gasteiger partial charge in [0, 0.05) is 25.0 Å². The first-order valence-electron chi connectivity index (χ1n) is 6.56. The second kappa shape index (κ2) is 5.17. The van der Waals surface area contributed by atoms with Gasteiger partial charge < -0.3 is 15.1 Å². The highest BCUT2D eigenvalue weighted by molar-refractivity contribution is 5.94. The number of aliphatic hydroxyl groups is 1. The summed E-state index contributed by atoms with van der Waals surface area (Å²) in [6.07, 6.45) is 3.66. The van der Waals surface area contributed by atoms with Crippen LogP contribution in [0, 0.1) is 6.92 Å². The van der Waals surface area contributed by atoms with E-state index in [0.29, 0.717) is 18.7 Å². The Hall–Kier alpha value is -1.62. The Labute approximate surface area is 112 Å². The summed E-state index contributed by atoms with van der Waals surface area (Å²) in [6.45, 7) is 5.12. The minimum Gasteiger partial charge on any atom is -0.478 e.